The van der Waals surface area contributed by atoms with Crippen LogP contribution in [0, 0.1) is 5.41 Å². The van der Waals surface area contributed by atoms with E-state index in [0.29, 0.717) is 6.61 Å². The smallest absolute Gasteiger partial charge is 0.163 e. The summed E-state index contributed by atoms with van der Waals surface area (Å²) in [6.07, 6.45) is 4.92. The van der Waals surface area contributed by atoms with Gasteiger partial charge in [0.2, 0.25) is 0 Å². The molecule has 19 heavy (non-hydrogen) atoms. The fourth-order valence-electron chi connectivity index (χ4n) is 2.34. The van der Waals surface area contributed by atoms with E-state index in [-0.39, 0.29) is 11.5 Å². The molecule has 1 rings (SSSR count). The molecule has 3 nitrogen and oxygen atoms in total. The van der Waals surface area contributed by atoms with E-state index in [0.717, 1.165) is 12.8 Å². The Kier molecular flexibility index (Phi) is 5.36. The first-order valence-corrected chi connectivity index (χ1v) is 6.97. The molecule has 0 aromatic rings. The molecule has 1 heterocycles. The molecule has 0 saturated carbocycles. The molecule has 0 unspecified atom stereocenters. The predicted octanol–water partition coefficient (Wildman–Crippen LogP) is 3.44. The van der Waals surface area contributed by atoms with Crippen LogP contribution >= 0.6 is 0 Å². The zero-order valence-corrected chi connectivity index (χ0v) is 12.9. The third-order valence-electron chi connectivity index (χ3n) is 3.76. The highest BCUT2D eigenvalue weighted by Gasteiger charge is 2.43. The van der Waals surface area contributed by atoms with Gasteiger partial charge in [-0.05, 0) is 40.5 Å². The maximum Gasteiger partial charge on any atom is 0.163 e. The summed E-state index contributed by atoms with van der Waals surface area (Å²) < 4.78 is 11.3. The average molecular weight is 268 g/mol. The first-order valence-electron chi connectivity index (χ1n) is 6.97. The lowest BCUT2D eigenvalue weighted by Gasteiger charge is -2.34. The summed E-state index contributed by atoms with van der Waals surface area (Å²) in [6.45, 7) is 14.2. The third kappa shape index (κ3) is 4.44. The maximum atomic E-state index is 10.6. The highest BCUT2D eigenvalue weighted by molar-refractivity contribution is 5.03. The summed E-state index contributed by atoms with van der Waals surface area (Å²) in [5.74, 6) is -0.604. The van der Waals surface area contributed by atoms with Gasteiger partial charge < -0.3 is 14.6 Å². The molecule has 0 aromatic carbocycles. The van der Waals surface area contributed by atoms with Gasteiger partial charge in [0.15, 0.2) is 5.79 Å². The van der Waals surface area contributed by atoms with Crippen molar-refractivity contribution in [3.63, 3.8) is 0 Å². The number of ether oxygens (including phenoxy) is 2. The van der Waals surface area contributed by atoms with E-state index in [4.69, 9.17) is 9.47 Å². The van der Waals surface area contributed by atoms with Gasteiger partial charge in [-0.2, -0.15) is 0 Å². The third-order valence-corrected chi connectivity index (χ3v) is 3.76. The maximum absolute atomic E-state index is 10.6. The molecule has 1 aliphatic heterocycles. The SMILES string of the molecule is C=C[C@@](C)(CCC=C(C)C)[C@H](O)[C@H]1COC(C)(C)O1. The normalized spacial score (nSPS) is 26.5. The first-order chi connectivity index (χ1) is 8.70. The van der Waals surface area contributed by atoms with Crippen LogP contribution in [0.15, 0.2) is 24.3 Å². The fourth-order valence-corrected chi connectivity index (χ4v) is 2.34. The van der Waals surface area contributed by atoms with Crippen LogP contribution in [0.2, 0.25) is 0 Å². The molecular weight excluding hydrogens is 240 g/mol. The van der Waals surface area contributed by atoms with Gasteiger partial charge in [0.25, 0.3) is 0 Å². The topological polar surface area (TPSA) is 38.7 Å². The zero-order chi connectivity index (χ0) is 14.7. The van der Waals surface area contributed by atoms with Crippen LogP contribution in [0.4, 0.5) is 0 Å². The highest BCUT2D eigenvalue weighted by Crippen LogP contribution is 2.36. The minimum absolute atomic E-state index is 0.287. The van der Waals surface area contributed by atoms with Crippen molar-refractivity contribution in [1.82, 2.24) is 0 Å². The van der Waals surface area contributed by atoms with E-state index >= 15 is 0 Å². The minimum Gasteiger partial charge on any atom is -0.389 e. The molecule has 0 spiro atoms. The summed E-state index contributed by atoms with van der Waals surface area (Å²) >= 11 is 0. The molecule has 3 heteroatoms. The second kappa shape index (κ2) is 6.21. The molecule has 0 amide bonds. The molecule has 0 aliphatic carbocycles. The van der Waals surface area contributed by atoms with Crippen molar-refractivity contribution in [2.45, 2.75) is 65.5 Å². The van der Waals surface area contributed by atoms with Crippen LogP contribution < -0.4 is 0 Å². The molecule has 1 fully saturated rings. The minimum atomic E-state index is -0.604. The molecule has 0 aromatic heterocycles. The van der Waals surface area contributed by atoms with E-state index in [1.54, 1.807) is 0 Å². The Labute approximate surface area is 117 Å². The Morgan fingerprint density at radius 2 is 2.16 bits per heavy atom. The molecule has 1 N–H and O–H groups in total. The Balaban J connectivity index is 2.67. The number of aliphatic hydroxyl groups is 1. The summed E-state index contributed by atoms with van der Waals surface area (Å²) in [5.41, 5.74) is 0.933. The van der Waals surface area contributed by atoms with Gasteiger partial charge in [0.05, 0.1) is 12.7 Å². The molecular formula is C16H28O3. The summed E-state index contributed by atoms with van der Waals surface area (Å²) in [7, 11) is 0. The second-order valence-electron chi connectivity index (χ2n) is 6.34. The fraction of sp³-hybridized carbons (Fsp3) is 0.750. The van der Waals surface area contributed by atoms with Crippen LogP contribution in [-0.4, -0.2) is 29.7 Å². The lowest BCUT2D eigenvalue weighted by Crippen LogP contribution is -2.42. The van der Waals surface area contributed by atoms with Crippen molar-refractivity contribution < 1.29 is 14.6 Å². The number of allylic oxidation sites excluding steroid dienone is 2. The van der Waals surface area contributed by atoms with Gasteiger partial charge in [0, 0.05) is 5.41 Å². The summed E-state index contributed by atoms with van der Waals surface area (Å²) in [4.78, 5) is 0. The summed E-state index contributed by atoms with van der Waals surface area (Å²) in [6, 6.07) is 0. The molecule has 1 aliphatic rings. The van der Waals surface area contributed by atoms with Crippen LogP contribution in [0.3, 0.4) is 0 Å². The Hall–Kier alpha value is -0.640. The standard InChI is InChI=1S/C16H28O3/c1-7-16(6,10-8-9-12(2)3)14(17)13-11-18-15(4,5)19-13/h7,9,13-14,17H,1,8,10-11H2,2-6H3/t13-,14-,16+/m1/s1. The van der Waals surface area contributed by atoms with Crippen molar-refractivity contribution in [1.29, 1.82) is 0 Å². The molecule has 0 bridgehead atoms. The second-order valence-corrected chi connectivity index (χ2v) is 6.34. The quantitative estimate of drug-likeness (QED) is 0.750. The van der Waals surface area contributed by atoms with Gasteiger partial charge in [0.1, 0.15) is 6.10 Å². The molecule has 0 radical (unpaired) electrons. The Morgan fingerprint density at radius 1 is 1.53 bits per heavy atom. The average Bonchev–Trinajstić information content (AvgIpc) is 2.68. The van der Waals surface area contributed by atoms with E-state index in [1.165, 1.54) is 5.57 Å². The van der Waals surface area contributed by atoms with Gasteiger partial charge >= 0.3 is 0 Å². The Morgan fingerprint density at radius 3 is 2.58 bits per heavy atom. The molecule has 110 valence electrons. The van der Waals surface area contributed by atoms with Gasteiger partial charge in [-0.15, -0.1) is 6.58 Å². The van der Waals surface area contributed by atoms with E-state index < -0.39 is 11.9 Å². The largest absolute Gasteiger partial charge is 0.389 e. The number of hydrogen-bond donors (Lipinski definition) is 1. The van der Waals surface area contributed by atoms with Gasteiger partial charge in [-0.25, -0.2) is 0 Å². The van der Waals surface area contributed by atoms with Gasteiger partial charge in [-0.1, -0.05) is 24.6 Å². The van der Waals surface area contributed by atoms with E-state index in [1.807, 2.05) is 26.8 Å². The molecule has 1 saturated heterocycles. The lowest BCUT2D eigenvalue weighted by molar-refractivity contribution is -0.159. The van der Waals surface area contributed by atoms with Crippen LogP contribution in [0.5, 0.6) is 0 Å². The Bertz CT molecular complexity index is 342. The highest BCUT2D eigenvalue weighted by atomic mass is 16.7. The van der Waals surface area contributed by atoms with E-state index in [9.17, 15) is 5.11 Å². The van der Waals surface area contributed by atoms with Crippen molar-refractivity contribution in [2.24, 2.45) is 5.41 Å². The van der Waals surface area contributed by atoms with E-state index in [2.05, 4.69) is 26.5 Å². The van der Waals surface area contributed by atoms with Crippen molar-refractivity contribution in [3.8, 4) is 0 Å². The molecule has 3 atom stereocenters. The van der Waals surface area contributed by atoms with Crippen molar-refractivity contribution in [2.75, 3.05) is 6.61 Å². The number of rotatable bonds is 6. The summed E-state index contributed by atoms with van der Waals surface area (Å²) in [5, 5.41) is 10.6. The van der Waals surface area contributed by atoms with Gasteiger partial charge in [-0.3, -0.25) is 0 Å². The monoisotopic (exact) mass is 268 g/mol. The van der Waals surface area contributed by atoms with Crippen LogP contribution in [0.25, 0.3) is 0 Å². The van der Waals surface area contributed by atoms with Crippen LogP contribution in [0.1, 0.15) is 47.5 Å². The lowest BCUT2D eigenvalue weighted by atomic mass is 9.77. The first kappa shape index (κ1) is 16.4. The number of hydrogen-bond acceptors (Lipinski definition) is 3. The van der Waals surface area contributed by atoms with Crippen molar-refractivity contribution >= 4 is 0 Å². The van der Waals surface area contributed by atoms with Crippen LogP contribution in [-0.2, 0) is 9.47 Å². The zero-order valence-electron chi connectivity index (χ0n) is 12.9. The predicted molar refractivity (Wildman–Crippen MR) is 77.9 cm³/mol. The number of aliphatic hydroxyl groups excluding tert-OH is 1. The van der Waals surface area contributed by atoms with Crippen molar-refractivity contribution in [3.05, 3.63) is 24.3 Å².